The molecule has 152 valence electrons. The molecular weight excluding hydrogens is 458 g/mol. The third-order valence-corrected chi connectivity index (χ3v) is 4.82. The summed E-state index contributed by atoms with van der Waals surface area (Å²) in [6.45, 7) is 0. The maximum absolute atomic E-state index is 13.4. The Labute approximate surface area is 168 Å². The van der Waals surface area contributed by atoms with Gasteiger partial charge in [0.25, 0.3) is 5.91 Å². The molecule has 0 aliphatic rings. The molecule has 0 aromatic heterocycles. The van der Waals surface area contributed by atoms with Crippen LogP contribution >= 0.6 is 35.0 Å². The number of benzene rings is 2. The van der Waals surface area contributed by atoms with E-state index < -0.39 is 39.9 Å². The third-order valence-electron chi connectivity index (χ3n) is 3.26. The molecule has 0 saturated heterocycles. The van der Waals surface area contributed by atoms with Gasteiger partial charge < -0.3 is 5.32 Å². The highest BCUT2D eigenvalue weighted by Gasteiger charge is 2.73. The molecule has 0 fully saturated rings. The number of hydrogen-bond acceptors (Lipinski definition) is 2. The highest BCUT2D eigenvalue weighted by Crippen LogP contribution is 2.53. The van der Waals surface area contributed by atoms with Crippen LogP contribution in [0.2, 0.25) is 10.0 Å². The lowest BCUT2D eigenvalue weighted by atomic mass is 10.2. The summed E-state index contributed by atoms with van der Waals surface area (Å²) in [5, 5.41) is -2.71. The van der Waals surface area contributed by atoms with Crippen LogP contribution in [0.1, 0.15) is 10.4 Å². The van der Waals surface area contributed by atoms with E-state index in [-0.39, 0.29) is 16.3 Å². The van der Waals surface area contributed by atoms with Gasteiger partial charge in [0.1, 0.15) is 0 Å². The minimum absolute atomic E-state index is 0.0474. The number of nitrogens with one attached hydrogen (secondary N) is 1. The predicted molar refractivity (Wildman–Crippen MR) is 92.7 cm³/mol. The lowest BCUT2D eigenvalue weighted by Gasteiger charge is -2.27. The van der Waals surface area contributed by atoms with E-state index in [1.54, 1.807) is 0 Å². The van der Waals surface area contributed by atoms with Gasteiger partial charge in [-0.25, -0.2) is 0 Å². The van der Waals surface area contributed by atoms with Gasteiger partial charge in [-0.05, 0) is 54.2 Å². The summed E-state index contributed by atoms with van der Waals surface area (Å²) >= 11 is 10.6. The minimum atomic E-state index is -6.41. The van der Waals surface area contributed by atoms with Crippen molar-refractivity contribution in [1.82, 2.24) is 0 Å². The maximum atomic E-state index is 13.4. The fourth-order valence-electron chi connectivity index (χ4n) is 1.86. The number of halogens is 9. The summed E-state index contributed by atoms with van der Waals surface area (Å²) < 4.78 is 89.1. The van der Waals surface area contributed by atoms with Gasteiger partial charge in [-0.15, -0.1) is 0 Å². The molecule has 1 N–H and O–H groups in total. The molecule has 0 aliphatic heterocycles. The van der Waals surface area contributed by atoms with Crippen molar-refractivity contribution >= 4 is 46.6 Å². The molecule has 0 aliphatic carbocycles. The fourth-order valence-corrected chi connectivity index (χ4v) is 3.16. The Hall–Kier alpha value is -1.65. The summed E-state index contributed by atoms with van der Waals surface area (Å²) in [6.07, 6.45) is -6.41. The quantitative estimate of drug-likeness (QED) is 0.375. The molecule has 0 unspecified atom stereocenters. The van der Waals surface area contributed by atoms with E-state index in [0.717, 1.165) is 24.3 Å². The van der Waals surface area contributed by atoms with Crippen LogP contribution in [-0.4, -0.2) is 23.3 Å². The highest BCUT2D eigenvalue weighted by molar-refractivity contribution is 8.00. The van der Waals surface area contributed by atoms with Crippen LogP contribution in [0.4, 0.5) is 36.4 Å². The van der Waals surface area contributed by atoms with E-state index in [9.17, 15) is 35.5 Å². The monoisotopic (exact) mass is 465 g/mol. The first-order valence-electron chi connectivity index (χ1n) is 7.12. The largest absolute Gasteiger partial charge is 0.460 e. The van der Waals surface area contributed by atoms with E-state index >= 15 is 0 Å². The Kier molecular flexibility index (Phi) is 6.47. The average Bonchev–Trinajstić information content (AvgIpc) is 2.55. The molecule has 2 nitrogen and oxygen atoms in total. The molecule has 0 bridgehead atoms. The second kappa shape index (κ2) is 8.00. The second-order valence-corrected chi connectivity index (χ2v) is 7.33. The van der Waals surface area contributed by atoms with Gasteiger partial charge >= 0.3 is 17.4 Å². The van der Waals surface area contributed by atoms with Crippen molar-refractivity contribution in [1.29, 1.82) is 0 Å². The second-order valence-electron chi connectivity index (χ2n) is 5.29. The van der Waals surface area contributed by atoms with Crippen LogP contribution < -0.4 is 5.32 Å². The first kappa shape index (κ1) is 22.6. The van der Waals surface area contributed by atoms with Crippen LogP contribution in [0.15, 0.2) is 47.4 Å². The SMILES string of the molecule is O=C(Nc1ccc(SC(F)(F)C(F)(F)C(F)(F)F)cc1)c1ccc(Cl)cc1Cl. The highest BCUT2D eigenvalue weighted by atomic mass is 35.5. The molecule has 1 amide bonds. The van der Waals surface area contributed by atoms with Gasteiger partial charge in [0.15, 0.2) is 0 Å². The van der Waals surface area contributed by atoms with Crippen molar-refractivity contribution in [2.75, 3.05) is 5.32 Å². The topological polar surface area (TPSA) is 29.1 Å². The molecule has 0 radical (unpaired) electrons. The molecule has 12 heteroatoms. The van der Waals surface area contributed by atoms with Crippen LogP contribution in [0.25, 0.3) is 0 Å². The number of anilines is 1. The molecule has 0 atom stereocenters. The normalized spacial score (nSPS) is 12.8. The lowest BCUT2D eigenvalue weighted by Crippen LogP contribution is -2.49. The van der Waals surface area contributed by atoms with E-state index in [0.29, 0.717) is 5.02 Å². The zero-order chi connectivity index (χ0) is 21.3. The Bertz CT molecular complexity index is 872. The Morgan fingerprint density at radius 1 is 0.893 bits per heavy atom. The molecule has 2 rings (SSSR count). The zero-order valence-electron chi connectivity index (χ0n) is 13.3. The van der Waals surface area contributed by atoms with Gasteiger partial charge in [0, 0.05) is 15.6 Å². The van der Waals surface area contributed by atoms with Crippen LogP contribution in [0.3, 0.4) is 0 Å². The molecular formula is C16H8Cl2F7NOS. The van der Waals surface area contributed by atoms with E-state index in [1.807, 2.05) is 0 Å². The van der Waals surface area contributed by atoms with Crippen molar-refractivity contribution in [2.24, 2.45) is 0 Å². The standard InChI is InChI=1S/C16H8Cl2F7NOS/c17-8-1-6-11(12(18)7-8)13(27)26-9-2-4-10(5-3-9)28-16(24,25)14(19,20)15(21,22)23/h1-7H,(H,26,27). The van der Waals surface area contributed by atoms with Crippen molar-refractivity contribution < 1.29 is 35.5 Å². The van der Waals surface area contributed by atoms with E-state index in [2.05, 4.69) is 5.32 Å². The molecule has 2 aromatic rings. The van der Waals surface area contributed by atoms with Gasteiger partial charge in [-0.1, -0.05) is 23.2 Å². The molecule has 2 aromatic carbocycles. The summed E-state index contributed by atoms with van der Waals surface area (Å²) in [6, 6.07) is 7.92. The first-order valence-corrected chi connectivity index (χ1v) is 8.70. The molecule has 0 heterocycles. The smallest absolute Gasteiger partial charge is 0.322 e. The Morgan fingerprint density at radius 3 is 1.96 bits per heavy atom. The summed E-state index contributed by atoms with van der Waals surface area (Å²) in [5.74, 6) is -6.89. The number of thioether (sulfide) groups is 1. The number of carbonyl (C=O) groups excluding carboxylic acids is 1. The van der Waals surface area contributed by atoms with Gasteiger partial charge in [0.05, 0.1) is 10.6 Å². The predicted octanol–water partition coefficient (Wildman–Crippen LogP) is 7.13. The van der Waals surface area contributed by atoms with Crippen molar-refractivity contribution in [3.63, 3.8) is 0 Å². The van der Waals surface area contributed by atoms with Crippen molar-refractivity contribution in [2.45, 2.75) is 22.2 Å². The van der Waals surface area contributed by atoms with Crippen LogP contribution in [-0.2, 0) is 0 Å². The lowest BCUT2D eigenvalue weighted by molar-refractivity contribution is -0.330. The van der Waals surface area contributed by atoms with E-state index in [1.165, 1.54) is 18.2 Å². The Morgan fingerprint density at radius 2 is 1.46 bits per heavy atom. The number of rotatable bonds is 5. The number of hydrogen-bond donors (Lipinski definition) is 1. The summed E-state index contributed by atoms with van der Waals surface area (Å²) in [4.78, 5) is 11.6. The van der Waals surface area contributed by atoms with Crippen molar-refractivity contribution in [3.05, 3.63) is 58.1 Å². The van der Waals surface area contributed by atoms with Crippen molar-refractivity contribution in [3.8, 4) is 0 Å². The first-order chi connectivity index (χ1) is 12.7. The third kappa shape index (κ3) is 4.84. The molecule has 28 heavy (non-hydrogen) atoms. The van der Waals surface area contributed by atoms with Crippen LogP contribution in [0, 0.1) is 0 Å². The van der Waals surface area contributed by atoms with Gasteiger partial charge in [-0.2, -0.15) is 30.7 Å². The van der Waals surface area contributed by atoms with E-state index in [4.69, 9.17) is 23.2 Å². The molecule has 0 spiro atoms. The number of amides is 1. The minimum Gasteiger partial charge on any atom is -0.322 e. The maximum Gasteiger partial charge on any atom is 0.460 e. The average molecular weight is 466 g/mol. The summed E-state index contributed by atoms with van der Waals surface area (Å²) in [7, 11) is 0. The number of carbonyl (C=O) groups is 1. The number of alkyl halides is 7. The van der Waals surface area contributed by atoms with Gasteiger partial charge in [0.2, 0.25) is 0 Å². The van der Waals surface area contributed by atoms with Crippen LogP contribution in [0.5, 0.6) is 0 Å². The summed E-state index contributed by atoms with van der Waals surface area (Å²) in [5.41, 5.74) is 0.132. The molecule has 0 saturated carbocycles. The van der Waals surface area contributed by atoms with Gasteiger partial charge in [-0.3, -0.25) is 4.79 Å². The fraction of sp³-hybridized carbons (Fsp3) is 0.188. The Balaban J connectivity index is 2.12. The zero-order valence-corrected chi connectivity index (χ0v) is 15.6.